The number of nitrogens with zero attached hydrogens (tertiary/aromatic N) is 1. The molecule has 0 fully saturated rings. The molecule has 1 aromatic carbocycles. The Morgan fingerprint density at radius 1 is 1.24 bits per heavy atom. The molecule has 0 atom stereocenters. The Morgan fingerprint density at radius 3 is 2.76 bits per heavy atom. The van der Waals surface area contributed by atoms with Gasteiger partial charge >= 0.3 is 0 Å². The van der Waals surface area contributed by atoms with Crippen molar-refractivity contribution in [2.45, 2.75) is 26.7 Å². The van der Waals surface area contributed by atoms with Crippen LogP contribution >= 0.6 is 0 Å². The molecule has 1 heterocycles. The van der Waals surface area contributed by atoms with Crippen molar-refractivity contribution in [1.29, 1.82) is 0 Å². The summed E-state index contributed by atoms with van der Waals surface area (Å²) in [7, 11) is 0. The number of nitrogens with two attached hydrogens (primary N) is 1. The Bertz CT molecular complexity index is 500. The highest BCUT2D eigenvalue weighted by Gasteiger charge is 2.04. The number of nitrogens with one attached hydrogen (secondary N) is 1. The van der Waals surface area contributed by atoms with Crippen LogP contribution in [0.4, 0.5) is 0 Å². The van der Waals surface area contributed by atoms with E-state index >= 15 is 0 Å². The van der Waals surface area contributed by atoms with Crippen LogP contribution in [0.15, 0.2) is 24.4 Å². The first kappa shape index (κ1) is 11.9. The maximum absolute atomic E-state index is 5.49. The van der Waals surface area contributed by atoms with Crippen molar-refractivity contribution in [3.63, 3.8) is 0 Å². The zero-order valence-electron chi connectivity index (χ0n) is 10.5. The molecule has 0 saturated carbocycles. The molecule has 0 bridgehead atoms. The Kier molecular flexibility index (Phi) is 3.59. The Balaban J connectivity index is 2.21. The lowest BCUT2D eigenvalue weighted by Gasteiger charge is -2.02. The third kappa shape index (κ3) is 2.74. The van der Waals surface area contributed by atoms with Gasteiger partial charge in [-0.3, -0.25) is 0 Å². The molecular formula is C14H19N3. The quantitative estimate of drug-likeness (QED) is 0.846. The molecule has 3 nitrogen and oxygen atoms in total. The van der Waals surface area contributed by atoms with Gasteiger partial charge in [0.05, 0.1) is 11.9 Å². The molecule has 2 rings (SSSR count). The van der Waals surface area contributed by atoms with Gasteiger partial charge in [-0.15, -0.1) is 0 Å². The molecule has 90 valence electrons. The van der Waals surface area contributed by atoms with Crippen molar-refractivity contribution in [3.8, 4) is 11.3 Å². The molecule has 0 aliphatic rings. The fourth-order valence-corrected chi connectivity index (χ4v) is 1.81. The maximum atomic E-state index is 5.49. The van der Waals surface area contributed by atoms with Gasteiger partial charge in [-0.05, 0) is 49.6 Å². The van der Waals surface area contributed by atoms with E-state index in [1.165, 1.54) is 16.7 Å². The lowest BCUT2D eigenvalue weighted by atomic mass is 10.1. The van der Waals surface area contributed by atoms with E-state index in [0.29, 0.717) is 6.54 Å². The highest BCUT2D eigenvalue weighted by atomic mass is 14.9. The summed E-state index contributed by atoms with van der Waals surface area (Å²) in [6, 6.07) is 6.46. The van der Waals surface area contributed by atoms with Crippen molar-refractivity contribution in [2.75, 3.05) is 6.54 Å². The SMILES string of the molecule is Cc1ccc(-c2cnc(CCCN)[nH]2)cc1C. The van der Waals surface area contributed by atoms with E-state index < -0.39 is 0 Å². The van der Waals surface area contributed by atoms with Crippen LogP contribution in [0.5, 0.6) is 0 Å². The van der Waals surface area contributed by atoms with Gasteiger partial charge < -0.3 is 10.7 Å². The maximum Gasteiger partial charge on any atom is 0.106 e. The molecule has 0 saturated heterocycles. The zero-order chi connectivity index (χ0) is 12.3. The molecule has 17 heavy (non-hydrogen) atoms. The number of hydrogen-bond acceptors (Lipinski definition) is 2. The normalized spacial score (nSPS) is 10.8. The summed E-state index contributed by atoms with van der Waals surface area (Å²) in [4.78, 5) is 7.72. The van der Waals surface area contributed by atoms with Crippen LogP contribution in [0, 0.1) is 13.8 Å². The molecule has 0 aliphatic heterocycles. The average molecular weight is 229 g/mol. The van der Waals surface area contributed by atoms with Gasteiger partial charge in [0.25, 0.3) is 0 Å². The van der Waals surface area contributed by atoms with Crippen LogP contribution in [0.25, 0.3) is 11.3 Å². The molecule has 3 heteroatoms. The summed E-state index contributed by atoms with van der Waals surface area (Å²) in [6.45, 7) is 4.96. The Morgan fingerprint density at radius 2 is 2.06 bits per heavy atom. The molecule has 0 unspecified atom stereocenters. The van der Waals surface area contributed by atoms with Gasteiger partial charge in [-0.2, -0.15) is 0 Å². The molecule has 1 aromatic heterocycles. The minimum atomic E-state index is 0.708. The van der Waals surface area contributed by atoms with Crippen LogP contribution < -0.4 is 5.73 Å². The van der Waals surface area contributed by atoms with Crippen LogP contribution in [0.2, 0.25) is 0 Å². The molecular weight excluding hydrogens is 210 g/mol. The fraction of sp³-hybridized carbons (Fsp3) is 0.357. The predicted molar refractivity (Wildman–Crippen MR) is 70.9 cm³/mol. The predicted octanol–water partition coefficient (Wildman–Crippen LogP) is 2.58. The lowest BCUT2D eigenvalue weighted by Crippen LogP contribution is -2.01. The number of aryl methyl sites for hydroxylation is 3. The molecule has 2 aromatic rings. The van der Waals surface area contributed by atoms with Crippen LogP contribution in [-0.2, 0) is 6.42 Å². The van der Waals surface area contributed by atoms with E-state index in [1.54, 1.807) is 0 Å². The first-order valence-electron chi connectivity index (χ1n) is 6.02. The van der Waals surface area contributed by atoms with Gasteiger partial charge in [0, 0.05) is 6.42 Å². The smallest absolute Gasteiger partial charge is 0.106 e. The monoisotopic (exact) mass is 229 g/mol. The lowest BCUT2D eigenvalue weighted by molar-refractivity contribution is 0.794. The van der Waals surface area contributed by atoms with Gasteiger partial charge in [0.1, 0.15) is 5.82 Å². The molecule has 0 aliphatic carbocycles. The third-order valence-electron chi connectivity index (χ3n) is 3.06. The molecule has 0 spiro atoms. The van der Waals surface area contributed by atoms with Crippen LogP contribution in [0.1, 0.15) is 23.4 Å². The largest absolute Gasteiger partial charge is 0.342 e. The Labute approximate surface area is 102 Å². The van der Waals surface area contributed by atoms with Gasteiger partial charge in [0.15, 0.2) is 0 Å². The minimum Gasteiger partial charge on any atom is -0.342 e. The summed E-state index contributed by atoms with van der Waals surface area (Å²) in [5.74, 6) is 1.02. The molecule has 3 N–H and O–H groups in total. The first-order valence-corrected chi connectivity index (χ1v) is 6.02. The van der Waals surface area contributed by atoms with Crippen molar-refractivity contribution in [2.24, 2.45) is 5.73 Å². The van der Waals surface area contributed by atoms with Crippen molar-refractivity contribution in [3.05, 3.63) is 41.3 Å². The molecule has 0 amide bonds. The van der Waals surface area contributed by atoms with Crippen molar-refractivity contribution >= 4 is 0 Å². The minimum absolute atomic E-state index is 0.708. The number of benzene rings is 1. The summed E-state index contributed by atoms with van der Waals surface area (Å²) in [5.41, 5.74) is 10.4. The third-order valence-corrected chi connectivity index (χ3v) is 3.06. The standard InChI is InChI=1S/C14H19N3/c1-10-5-6-12(8-11(10)2)13-9-16-14(17-13)4-3-7-15/h5-6,8-9H,3-4,7,15H2,1-2H3,(H,16,17). The molecule has 0 radical (unpaired) electrons. The van der Waals surface area contributed by atoms with Crippen molar-refractivity contribution in [1.82, 2.24) is 9.97 Å². The second kappa shape index (κ2) is 5.15. The van der Waals surface area contributed by atoms with Gasteiger partial charge in [-0.25, -0.2) is 4.98 Å². The number of rotatable bonds is 4. The summed E-state index contributed by atoms with van der Waals surface area (Å²) >= 11 is 0. The van der Waals surface area contributed by atoms with E-state index in [2.05, 4.69) is 42.0 Å². The topological polar surface area (TPSA) is 54.7 Å². The second-order valence-electron chi connectivity index (χ2n) is 4.43. The number of imidazole rings is 1. The number of aromatic nitrogens is 2. The highest BCUT2D eigenvalue weighted by Crippen LogP contribution is 2.20. The van der Waals surface area contributed by atoms with Gasteiger partial charge in [0.2, 0.25) is 0 Å². The number of aromatic amines is 1. The zero-order valence-corrected chi connectivity index (χ0v) is 10.5. The van der Waals surface area contributed by atoms with E-state index in [9.17, 15) is 0 Å². The van der Waals surface area contributed by atoms with Crippen LogP contribution in [0.3, 0.4) is 0 Å². The van der Waals surface area contributed by atoms with Crippen molar-refractivity contribution < 1.29 is 0 Å². The van der Waals surface area contributed by atoms with E-state index in [1.807, 2.05) is 6.20 Å². The Hall–Kier alpha value is -1.61. The summed E-state index contributed by atoms with van der Waals surface area (Å²) in [5, 5.41) is 0. The van der Waals surface area contributed by atoms with E-state index in [0.717, 1.165) is 24.4 Å². The number of hydrogen-bond donors (Lipinski definition) is 2. The summed E-state index contributed by atoms with van der Waals surface area (Å²) in [6.07, 6.45) is 3.79. The highest BCUT2D eigenvalue weighted by molar-refractivity contribution is 5.60. The number of H-pyrrole nitrogens is 1. The van der Waals surface area contributed by atoms with E-state index in [4.69, 9.17) is 5.73 Å². The second-order valence-corrected chi connectivity index (χ2v) is 4.43. The van der Waals surface area contributed by atoms with Gasteiger partial charge in [-0.1, -0.05) is 12.1 Å². The first-order chi connectivity index (χ1) is 8.20. The van der Waals surface area contributed by atoms with Crippen LogP contribution in [-0.4, -0.2) is 16.5 Å². The average Bonchev–Trinajstić information content (AvgIpc) is 2.79. The fourth-order valence-electron chi connectivity index (χ4n) is 1.81. The van der Waals surface area contributed by atoms with E-state index in [-0.39, 0.29) is 0 Å². The summed E-state index contributed by atoms with van der Waals surface area (Å²) < 4.78 is 0.